The number of carbonyl (C=O) groups excluding carboxylic acids is 1. The normalized spacial score (nSPS) is 18.7. The fourth-order valence-corrected chi connectivity index (χ4v) is 2.37. The Bertz CT molecular complexity index is 620. The fourth-order valence-electron chi connectivity index (χ4n) is 2.37. The van der Waals surface area contributed by atoms with E-state index in [2.05, 4.69) is 10.2 Å². The molecule has 0 bridgehead atoms. The van der Waals surface area contributed by atoms with Gasteiger partial charge in [0.15, 0.2) is 5.65 Å². The SMILES string of the molecule is CC1(C)CN(C(=O)c2cccc3nncn23)CCO1. The predicted octanol–water partition coefficient (Wildman–Crippen LogP) is 0.980. The van der Waals surface area contributed by atoms with Crippen LogP contribution in [0, 0.1) is 0 Å². The molecule has 0 atom stereocenters. The minimum absolute atomic E-state index is 0.0122. The van der Waals surface area contributed by atoms with E-state index >= 15 is 0 Å². The fraction of sp³-hybridized carbons (Fsp3) is 0.462. The maximum absolute atomic E-state index is 12.6. The third kappa shape index (κ3) is 2.19. The molecule has 100 valence electrons. The molecule has 0 aliphatic carbocycles. The highest BCUT2D eigenvalue weighted by Crippen LogP contribution is 2.18. The number of morpholine rings is 1. The number of pyridine rings is 1. The van der Waals surface area contributed by atoms with E-state index in [1.54, 1.807) is 16.8 Å². The lowest BCUT2D eigenvalue weighted by Crippen LogP contribution is -2.50. The van der Waals surface area contributed by atoms with Crippen LogP contribution in [-0.2, 0) is 4.74 Å². The van der Waals surface area contributed by atoms with E-state index in [1.807, 2.05) is 30.9 Å². The largest absolute Gasteiger partial charge is 0.372 e. The average molecular weight is 260 g/mol. The number of nitrogens with zero attached hydrogens (tertiary/aromatic N) is 4. The summed E-state index contributed by atoms with van der Waals surface area (Å²) in [6.45, 7) is 5.75. The first-order valence-electron chi connectivity index (χ1n) is 6.29. The van der Waals surface area contributed by atoms with E-state index in [9.17, 15) is 4.79 Å². The Morgan fingerprint density at radius 2 is 2.26 bits per heavy atom. The van der Waals surface area contributed by atoms with Crippen molar-refractivity contribution in [1.29, 1.82) is 0 Å². The van der Waals surface area contributed by atoms with Crippen LogP contribution < -0.4 is 0 Å². The average Bonchev–Trinajstić information content (AvgIpc) is 2.84. The summed E-state index contributed by atoms with van der Waals surface area (Å²) in [5.74, 6) is -0.0122. The van der Waals surface area contributed by atoms with Crippen molar-refractivity contribution in [2.75, 3.05) is 19.7 Å². The van der Waals surface area contributed by atoms with Crippen LogP contribution in [0.3, 0.4) is 0 Å². The molecule has 1 fully saturated rings. The Morgan fingerprint density at radius 3 is 3.05 bits per heavy atom. The van der Waals surface area contributed by atoms with Crippen molar-refractivity contribution in [2.24, 2.45) is 0 Å². The van der Waals surface area contributed by atoms with Crippen LogP contribution in [0.5, 0.6) is 0 Å². The van der Waals surface area contributed by atoms with Crippen molar-refractivity contribution >= 4 is 11.6 Å². The van der Waals surface area contributed by atoms with E-state index < -0.39 is 0 Å². The van der Waals surface area contributed by atoms with Crippen molar-refractivity contribution in [3.05, 3.63) is 30.2 Å². The quantitative estimate of drug-likeness (QED) is 0.767. The van der Waals surface area contributed by atoms with E-state index in [0.717, 1.165) is 0 Å². The molecular formula is C13H16N4O2. The first-order valence-corrected chi connectivity index (χ1v) is 6.29. The van der Waals surface area contributed by atoms with Crippen LogP contribution in [-0.4, -0.2) is 50.7 Å². The number of fused-ring (bicyclic) bond motifs is 1. The van der Waals surface area contributed by atoms with Gasteiger partial charge in [-0.1, -0.05) is 6.07 Å². The zero-order valence-electron chi connectivity index (χ0n) is 11.0. The number of amides is 1. The molecule has 1 aliphatic heterocycles. The van der Waals surface area contributed by atoms with Crippen LogP contribution >= 0.6 is 0 Å². The van der Waals surface area contributed by atoms with Crippen LogP contribution in [0.15, 0.2) is 24.5 Å². The molecule has 3 rings (SSSR count). The minimum Gasteiger partial charge on any atom is -0.372 e. The van der Waals surface area contributed by atoms with Gasteiger partial charge in [0.2, 0.25) is 0 Å². The molecule has 3 heterocycles. The molecule has 6 nitrogen and oxygen atoms in total. The number of ether oxygens (including phenoxy) is 1. The molecule has 0 saturated carbocycles. The summed E-state index contributed by atoms with van der Waals surface area (Å²) >= 11 is 0. The first kappa shape index (κ1) is 12.1. The highest BCUT2D eigenvalue weighted by Gasteiger charge is 2.31. The Morgan fingerprint density at radius 1 is 1.42 bits per heavy atom. The lowest BCUT2D eigenvalue weighted by Gasteiger charge is -2.38. The monoisotopic (exact) mass is 260 g/mol. The van der Waals surface area contributed by atoms with Crippen molar-refractivity contribution < 1.29 is 9.53 Å². The third-order valence-corrected chi connectivity index (χ3v) is 3.27. The molecule has 6 heteroatoms. The highest BCUT2D eigenvalue weighted by atomic mass is 16.5. The van der Waals surface area contributed by atoms with E-state index in [4.69, 9.17) is 4.74 Å². The number of hydrogen-bond donors (Lipinski definition) is 0. The summed E-state index contributed by atoms with van der Waals surface area (Å²) in [5.41, 5.74) is 0.966. The summed E-state index contributed by atoms with van der Waals surface area (Å²) in [6.07, 6.45) is 1.56. The van der Waals surface area contributed by atoms with Crippen molar-refractivity contribution in [1.82, 2.24) is 19.5 Å². The van der Waals surface area contributed by atoms with E-state index in [1.165, 1.54) is 0 Å². The summed E-state index contributed by atoms with van der Waals surface area (Å²) in [5, 5.41) is 7.79. The van der Waals surface area contributed by atoms with Crippen molar-refractivity contribution in [3.63, 3.8) is 0 Å². The second-order valence-corrected chi connectivity index (χ2v) is 5.31. The van der Waals surface area contributed by atoms with Crippen LogP contribution in [0.4, 0.5) is 0 Å². The molecule has 1 aliphatic rings. The number of rotatable bonds is 1. The Kier molecular flexibility index (Phi) is 2.74. The van der Waals surface area contributed by atoms with Gasteiger partial charge in [-0.15, -0.1) is 10.2 Å². The molecule has 0 N–H and O–H groups in total. The molecular weight excluding hydrogens is 244 g/mol. The van der Waals surface area contributed by atoms with Crippen molar-refractivity contribution in [3.8, 4) is 0 Å². The predicted molar refractivity (Wildman–Crippen MR) is 68.9 cm³/mol. The van der Waals surface area contributed by atoms with Crippen LogP contribution in [0.1, 0.15) is 24.3 Å². The zero-order valence-corrected chi connectivity index (χ0v) is 11.0. The second kappa shape index (κ2) is 4.31. The van der Waals surface area contributed by atoms with Gasteiger partial charge in [-0.25, -0.2) is 0 Å². The number of hydrogen-bond acceptors (Lipinski definition) is 4. The molecule has 0 unspecified atom stereocenters. The molecule has 1 saturated heterocycles. The second-order valence-electron chi connectivity index (χ2n) is 5.31. The van der Waals surface area contributed by atoms with Gasteiger partial charge in [0, 0.05) is 13.1 Å². The van der Waals surface area contributed by atoms with Gasteiger partial charge in [0.1, 0.15) is 12.0 Å². The molecule has 0 radical (unpaired) electrons. The minimum atomic E-state index is -0.297. The van der Waals surface area contributed by atoms with Gasteiger partial charge < -0.3 is 9.64 Å². The Labute approximate surface area is 111 Å². The smallest absolute Gasteiger partial charge is 0.271 e. The molecule has 19 heavy (non-hydrogen) atoms. The maximum Gasteiger partial charge on any atom is 0.271 e. The highest BCUT2D eigenvalue weighted by molar-refractivity contribution is 5.93. The van der Waals surface area contributed by atoms with Gasteiger partial charge >= 0.3 is 0 Å². The molecule has 0 aromatic carbocycles. The third-order valence-electron chi connectivity index (χ3n) is 3.27. The van der Waals surface area contributed by atoms with Gasteiger partial charge in [0.25, 0.3) is 5.91 Å². The molecule has 2 aromatic rings. The van der Waals surface area contributed by atoms with Gasteiger partial charge in [0.05, 0.1) is 12.2 Å². The summed E-state index contributed by atoms with van der Waals surface area (Å²) < 4.78 is 7.34. The zero-order chi connectivity index (χ0) is 13.5. The molecule has 1 amide bonds. The summed E-state index contributed by atoms with van der Waals surface area (Å²) in [7, 11) is 0. The topological polar surface area (TPSA) is 59.7 Å². The molecule has 2 aromatic heterocycles. The number of carbonyl (C=O) groups is 1. The maximum atomic E-state index is 12.6. The Balaban J connectivity index is 1.93. The van der Waals surface area contributed by atoms with E-state index in [0.29, 0.717) is 31.0 Å². The summed E-state index contributed by atoms with van der Waals surface area (Å²) in [6, 6.07) is 5.44. The van der Waals surface area contributed by atoms with Crippen LogP contribution in [0.2, 0.25) is 0 Å². The van der Waals surface area contributed by atoms with E-state index in [-0.39, 0.29) is 11.5 Å². The lowest BCUT2D eigenvalue weighted by atomic mass is 10.1. The van der Waals surface area contributed by atoms with Crippen LogP contribution in [0.25, 0.3) is 5.65 Å². The Hall–Kier alpha value is -1.95. The number of aromatic nitrogens is 3. The standard InChI is InChI=1S/C13H16N4O2/c1-13(2)8-16(6-7-19-13)12(18)10-4-3-5-11-15-14-9-17(10)11/h3-5,9H,6-8H2,1-2H3. The van der Waals surface area contributed by atoms with Gasteiger partial charge in [-0.3, -0.25) is 9.20 Å². The van der Waals surface area contributed by atoms with Crippen molar-refractivity contribution in [2.45, 2.75) is 19.4 Å². The van der Waals surface area contributed by atoms with Gasteiger partial charge in [-0.05, 0) is 26.0 Å². The lowest BCUT2D eigenvalue weighted by molar-refractivity contribution is -0.0765. The summed E-state index contributed by atoms with van der Waals surface area (Å²) in [4.78, 5) is 14.4. The first-order chi connectivity index (χ1) is 9.07. The van der Waals surface area contributed by atoms with Gasteiger partial charge in [-0.2, -0.15) is 0 Å². The molecule has 0 spiro atoms.